The van der Waals surface area contributed by atoms with E-state index in [2.05, 4.69) is 25.5 Å². The van der Waals surface area contributed by atoms with Crippen molar-refractivity contribution in [2.75, 3.05) is 12.4 Å². The second kappa shape index (κ2) is 7.46. The van der Waals surface area contributed by atoms with E-state index in [9.17, 15) is 4.39 Å². The van der Waals surface area contributed by atoms with E-state index in [1.807, 2.05) is 43.3 Å². The molecule has 1 saturated carbocycles. The number of nitrogens with zero attached hydrogens (tertiary/aromatic N) is 4. The van der Waals surface area contributed by atoms with Gasteiger partial charge < -0.3 is 5.32 Å². The number of nitrogens with one attached hydrogen (secondary N) is 1. The van der Waals surface area contributed by atoms with Crippen LogP contribution >= 0.6 is 0 Å². The number of benzene rings is 1. The highest BCUT2D eigenvalue weighted by Crippen LogP contribution is 2.43. The first-order chi connectivity index (χ1) is 13.6. The molecule has 0 spiro atoms. The summed E-state index contributed by atoms with van der Waals surface area (Å²) in [5.41, 5.74) is 4.32. The number of hydrogen-bond acceptors (Lipinski definition) is 5. The first kappa shape index (κ1) is 18.2. The molecule has 0 bridgehead atoms. The standard InChI is InChI=1S/C22H22FN5/c1-15(24-2)20-14-16(10-13-25-20)19-8-9-21(28-27-19)26-22(11-3-12-22)17-4-6-18(23)7-5-17/h4-10,13-14H,3,11-12H2,1-2H3,(H,26,28). The second-order valence-electron chi connectivity index (χ2n) is 7.11. The lowest BCUT2D eigenvalue weighted by Gasteiger charge is -2.43. The summed E-state index contributed by atoms with van der Waals surface area (Å²) in [7, 11) is 1.75. The average molecular weight is 375 g/mol. The van der Waals surface area contributed by atoms with Gasteiger partial charge in [0.15, 0.2) is 0 Å². The van der Waals surface area contributed by atoms with Crippen molar-refractivity contribution in [3.05, 3.63) is 71.8 Å². The molecule has 1 aromatic carbocycles. The molecule has 0 atom stereocenters. The van der Waals surface area contributed by atoms with Crippen molar-refractivity contribution in [1.82, 2.24) is 15.2 Å². The highest BCUT2D eigenvalue weighted by Gasteiger charge is 2.39. The number of aliphatic imine (C=N–C) groups is 1. The molecule has 6 heteroatoms. The molecule has 2 aromatic heterocycles. The van der Waals surface area contributed by atoms with Crippen LogP contribution < -0.4 is 5.32 Å². The second-order valence-corrected chi connectivity index (χ2v) is 7.11. The summed E-state index contributed by atoms with van der Waals surface area (Å²) in [6, 6.07) is 14.5. The largest absolute Gasteiger partial charge is 0.359 e. The number of anilines is 1. The normalized spacial score (nSPS) is 15.8. The van der Waals surface area contributed by atoms with E-state index in [1.54, 1.807) is 13.2 Å². The quantitative estimate of drug-likeness (QED) is 0.662. The van der Waals surface area contributed by atoms with Crippen LogP contribution in [-0.4, -0.2) is 27.9 Å². The Kier molecular flexibility index (Phi) is 4.86. The Morgan fingerprint density at radius 1 is 1.07 bits per heavy atom. The van der Waals surface area contributed by atoms with Crippen LogP contribution in [0.4, 0.5) is 10.2 Å². The number of rotatable bonds is 5. The van der Waals surface area contributed by atoms with Crippen molar-refractivity contribution in [1.29, 1.82) is 0 Å². The van der Waals surface area contributed by atoms with Crippen molar-refractivity contribution < 1.29 is 4.39 Å². The Bertz CT molecular complexity index is 992. The predicted molar refractivity (Wildman–Crippen MR) is 109 cm³/mol. The third kappa shape index (κ3) is 3.50. The maximum atomic E-state index is 13.3. The minimum Gasteiger partial charge on any atom is -0.359 e. The first-order valence-electron chi connectivity index (χ1n) is 9.38. The number of aromatic nitrogens is 3. The van der Waals surface area contributed by atoms with Crippen molar-refractivity contribution in [2.24, 2.45) is 4.99 Å². The third-order valence-electron chi connectivity index (χ3n) is 5.40. The molecule has 1 aliphatic carbocycles. The molecular weight excluding hydrogens is 353 g/mol. The van der Waals surface area contributed by atoms with E-state index in [1.165, 1.54) is 12.1 Å². The highest BCUT2D eigenvalue weighted by molar-refractivity contribution is 5.97. The van der Waals surface area contributed by atoms with Crippen LogP contribution in [0, 0.1) is 5.82 Å². The summed E-state index contributed by atoms with van der Waals surface area (Å²) in [4.78, 5) is 8.52. The smallest absolute Gasteiger partial charge is 0.149 e. The molecule has 142 valence electrons. The molecule has 0 unspecified atom stereocenters. The van der Waals surface area contributed by atoms with Crippen LogP contribution in [0.15, 0.2) is 59.7 Å². The average Bonchev–Trinajstić information content (AvgIpc) is 2.71. The molecule has 0 saturated heterocycles. The Balaban J connectivity index is 1.56. The van der Waals surface area contributed by atoms with Crippen LogP contribution in [0.25, 0.3) is 11.3 Å². The zero-order valence-electron chi connectivity index (χ0n) is 16.0. The van der Waals surface area contributed by atoms with Crippen LogP contribution in [0.1, 0.15) is 37.4 Å². The van der Waals surface area contributed by atoms with E-state index >= 15 is 0 Å². The molecule has 1 aliphatic rings. The lowest BCUT2D eigenvalue weighted by atomic mass is 9.72. The topological polar surface area (TPSA) is 63.1 Å². The lowest BCUT2D eigenvalue weighted by Crippen LogP contribution is -2.42. The van der Waals surface area contributed by atoms with Gasteiger partial charge in [0.2, 0.25) is 0 Å². The zero-order chi connectivity index (χ0) is 19.6. The molecule has 1 N–H and O–H groups in total. The van der Waals surface area contributed by atoms with E-state index in [0.717, 1.165) is 47.5 Å². The number of halogens is 1. The first-order valence-corrected chi connectivity index (χ1v) is 9.38. The van der Waals surface area contributed by atoms with Gasteiger partial charge in [-0.3, -0.25) is 9.98 Å². The van der Waals surface area contributed by atoms with E-state index in [4.69, 9.17) is 0 Å². The Morgan fingerprint density at radius 3 is 2.46 bits per heavy atom. The molecular formula is C22H22FN5. The maximum absolute atomic E-state index is 13.3. The third-order valence-corrected chi connectivity index (χ3v) is 5.40. The minimum absolute atomic E-state index is 0.192. The molecule has 0 amide bonds. The van der Waals surface area contributed by atoms with Crippen molar-refractivity contribution >= 4 is 11.5 Å². The van der Waals surface area contributed by atoms with Gasteiger partial charge in [-0.05, 0) is 68.1 Å². The van der Waals surface area contributed by atoms with Crippen molar-refractivity contribution in [2.45, 2.75) is 31.7 Å². The van der Waals surface area contributed by atoms with Crippen LogP contribution in [0.5, 0.6) is 0 Å². The Hall–Kier alpha value is -3.15. The van der Waals surface area contributed by atoms with Crippen LogP contribution in [-0.2, 0) is 5.54 Å². The summed E-state index contributed by atoms with van der Waals surface area (Å²) >= 11 is 0. The van der Waals surface area contributed by atoms with Gasteiger partial charge in [0.05, 0.1) is 22.6 Å². The van der Waals surface area contributed by atoms with Gasteiger partial charge in [0, 0.05) is 18.8 Å². The molecule has 1 fully saturated rings. The summed E-state index contributed by atoms with van der Waals surface area (Å²) in [6.07, 6.45) is 4.87. The molecule has 4 rings (SSSR count). The number of hydrogen-bond donors (Lipinski definition) is 1. The molecule has 0 radical (unpaired) electrons. The van der Waals surface area contributed by atoms with Gasteiger partial charge in [0.25, 0.3) is 0 Å². The molecule has 5 nitrogen and oxygen atoms in total. The predicted octanol–water partition coefficient (Wildman–Crippen LogP) is 4.61. The van der Waals surface area contributed by atoms with Crippen LogP contribution in [0.2, 0.25) is 0 Å². The van der Waals surface area contributed by atoms with Gasteiger partial charge in [-0.1, -0.05) is 12.1 Å². The van der Waals surface area contributed by atoms with Gasteiger partial charge in [-0.15, -0.1) is 10.2 Å². The lowest BCUT2D eigenvalue weighted by molar-refractivity contribution is 0.283. The molecule has 0 aliphatic heterocycles. The Labute approximate surface area is 163 Å². The molecule has 3 aromatic rings. The van der Waals surface area contributed by atoms with Gasteiger partial charge in [0.1, 0.15) is 11.6 Å². The highest BCUT2D eigenvalue weighted by atomic mass is 19.1. The van der Waals surface area contributed by atoms with E-state index in [0.29, 0.717) is 5.82 Å². The molecule has 28 heavy (non-hydrogen) atoms. The summed E-state index contributed by atoms with van der Waals surface area (Å²) < 4.78 is 13.3. The van der Waals surface area contributed by atoms with Gasteiger partial charge in [-0.25, -0.2) is 4.39 Å². The maximum Gasteiger partial charge on any atom is 0.149 e. The summed E-state index contributed by atoms with van der Waals surface area (Å²) in [6.45, 7) is 1.93. The number of pyridine rings is 1. The van der Waals surface area contributed by atoms with Crippen molar-refractivity contribution in [3.8, 4) is 11.3 Å². The fraction of sp³-hybridized carbons (Fsp3) is 0.273. The monoisotopic (exact) mass is 375 g/mol. The fourth-order valence-corrected chi connectivity index (χ4v) is 3.49. The van der Waals surface area contributed by atoms with E-state index in [-0.39, 0.29) is 11.4 Å². The Morgan fingerprint density at radius 2 is 1.86 bits per heavy atom. The van der Waals surface area contributed by atoms with Gasteiger partial charge in [-0.2, -0.15) is 0 Å². The van der Waals surface area contributed by atoms with Crippen LogP contribution in [0.3, 0.4) is 0 Å². The summed E-state index contributed by atoms with van der Waals surface area (Å²) in [5.74, 6) is 0.496. The van der Waals surface area contributed by atoms with E-state index < -0.39 is 0 Å². The SMILES string of the molecule is CN=C(C)c1cc(-c2ccc(NC3(c4ccc(F)cc4)CCC3)nn2)ccn1. The fourth-order valence-electron chi connectivity index (χ4n) is 3.49. The molecule has 2 heterocycles. The minimum atomic E-state index is -0.220. The van der Waals surface area contributed by atoms with Gasteiger partial charge >= 0.3 is 0 Å². The summed E-state index contributed by atoms with van der Waals surface area (Å²) in [5, 5.41) is 12.3. The van der Waals surface area contributed by atoms with Crippen molar-refractivity contribution in [3.63, 3.8) is 0 Å². The zero-order valence-corrected chi connectivity index (χ0v) is 16.0.